The van der Waals surface area contributed by atoms with E-state index in [9.17, 15) is 18.0 Å². The third-order valence-corrected chi connectivity index (χ3v) is 3.66. The highest BCUT2D eigenvalue weighted by Crippen LogP contribution is 2.28. The molecular formula is C16H22F3NO3. The van der Waals surface area contributed by atoms with Gasteiger partial charge in [-0.3, -0.25) is 4.79 Å². The Labute approximate surface area is 133 Å². The van der Waals surface area contributed by atoms with Gasteiger partial charge in [-0.05, 0) is 36.8 Å². The van der Waals surface area contributed by atoms with Crippen LogP contribution in [0.25, 0.3) is 0 Å². The first-order valence-corrected chi connectivity index (χ1v) is 7.49. The summed E-state index contributed by atoms with van der Waals surface area (Å²) < 4.78 is 41.0. The summed E-state index contributed by atoms with van der Waals surface area (Å²) in [4.78, 5) is 10.9. The highest BCUT2D eigenvalue weighted by molar-refractivity contribution is 5.70. The summed E-state index contributed by atoms with van der Waals surface area (Å²) in [5.74, 6) is -1.54. The van der Waals surface area contributed by atoms with E-state index in [0.29, 0.717) is 31.2 Å². The number of carbonyl (C=O) groups is 1. The number of aliphatic carboxylic acids is 1. The molecule has 0 aliphatic heterocycles. The van der Waals surface area contributed by atoms with Crippen molar-refractivity contribution >= 4 is 5.97 Å². The summed E-state index contributed by atoms with van der Waals surface area (Å²) in [5.41, 5.74) is 5.91. The van der Waals surface area contributed by atoms with Gasteiger partial charge >= 0.3 is 12.3 Å². The van der Waals surface area contributed by atoms with Gasteiger partial charge in [0.2, 0.25) is 0 Å². The van der Waals surface area contributed by atoms with Gasteiger partial charge in [0.1, 0.15) is 5.75 Å². The fourth-order valence-electron chi connectivity index (χ4n) is 2.48. The summed E-state index contributed by atoms with van der Waals surface area (Å²) in [6.45, 7) is 2.01. The number of carboxylic acids is 1. The van der Waals surface area contributed by atoms with Gasteiger partial charge in [-0.15, -0.1) is 13.2 Å². The fourth-order valence-corrected chi connectivity index (χ4v) is 2.48. The predicted octanol–water partition coefficient (Wildman–Crippen LogP) is 3.59. The Bertz CT molecular complexity index is 506. The minimum atomic E-state index is -4.71. The lowest BCUT2D eigenvalue weighted by Crippen LogP contribution is -2.25. The van der Waals surface area contributed by atoms with Gasteiger partial charge in [0.15, 0.2) is 0 Å². The standard InChI is InChI=1S/C16H22F3NO3/c1-11(9-13(10-20)15(21)22)5-4-7-12-6-2-3-8-14(12)23-16(17,18)19/h2-3,6,8,11,13H,4-5,7,9-10,20H2,1H3,(H,21,22). The van der Waals surface area contributed by atoms with Crippen molar-refractivity contribution in [2.45, 2.75) is 39.0 Å². The highest BCUT2D eigenvalue weighted by Gasteiger charge is 2.31. The number of alkyl halides is 3. The number of rotatable bonds is 9. The number of para-hydroxylation sites is 1. The first kappa shape index (κ1) is 19.3. The van der Waals surface area contributed by atoms with E-state index in [0.717, 1.165) is 0 Å². The number of hydrogen-bond acceptors (Lipinski definition) is 3. The second kappa shape index (κ2) is 8.76. The minimum absolute atomic E-state index is 0.0852. The van der Waals surface area contributed by atoms with Crippen LogP contribution in [0.15, 0.2) is 24.3 Å². The molecule has 1 rings (SSSR count). The molecule has 7 heteroatoms. The molecule has 0 saturated carbocycles. The molecule has 1 aromatic rings. The molecule has 0 aliphatic carbocycles. The summed E-state index contributed by atoms with van der Waals surface area (Å²) in [7, 11) is 0. The summed E-state index contributed by atoms with van der Waals surface area (Å²) >= 11 is 0. The first-order chi connectivity index (χ1) is 10.7. The van der Waals surface area contributed by atoms with E-state index in [1.807, 2.05) is 6.92 Å². The maximum atomic E-state index is 12.3. The van der Waals surface area contributed by atoms with Crippen LogP contribution in [0.1, 0.15) is 31.7 Å². The number of carboxylic acid groups (broad SMARTS) is 1. The Morgan fingerprint density at radius 3 is 2.57 bits per heavy atom. The van der Waals surface area contributed by atoms with Gasteiger partial charge in [-0.25, -0.2) is 0 Å². The average Bonchev–Trinajstić information content (AvgIpc) is 2.44. The molecule has 0 aromatic heterocycles. The molecule has 0 saturated heterocycles. The van der Waals surface area contributed by atoms with Gasteiger partial charge in [-0.1, -0.05) is 31.5 Å². The van der Waals surface area contributed by atoms with Crippen molar-refractivity contribution < 1.29 is 27.8 Å². The Morgan fingerprint density at radius 2 is 2.00 bits per heavy atom. The number of benzene rings is 1. The van der Waals surface area contributed by atoms with Crippen LogP contribution in [0.3, 0.4) is 0 Å². The normalized spacial score (nSPS) is 14.3. The summed E-state index contributed by atoms with van der Waals surface area (Å²) in [6.07, 6.45) is -2.44. The van der Waals surface area contributed by atoms with Crippen molar-refractivity contribution in [3.05, 3.63) is 29.8 Å². The van der Waals surface area contributed by atoms with Crippen LogP contribution in [-0.2, 0) is 11.2 Å². The molecule has 23 heavy (non-hydrogen) atoms. The van der Waals surface area contributed by atoms with E-state index in [-0.39, 0.29) is 18.2 Å². The fraction of sp³-hybridized carbons (Fsp3) is 0.562. The molecule has 0 amide bonds. The van der Waals surface area contributed by atoms with Crippen LogP contribution in [0, 0.1) is 11.8 Å². The maximum Gasteiger partial charge on any atom is 0.573 e. The second-order valence-corrected chi connectivity index (χ2v) is 5.66. The van der Waals surface area contributed by atoms with E-state index < -0.39 is 18.2 Å². The van der Waals surface area contributed by atoms with E-state index in [1.165, 1.54) is 12.1 Å². The molecule has 0 radical (unpaired) electrons. The van der Waals surface area contributed by atoms with E-state index in [2.05, 4.69) is 4.74 Å². The number of nitrogens with two attached hydrogens (primary N) is 1. The van der Waals surface area contributed by atoms with Crippen molar-refractivity contribution in [3.8, 4) is 5.75 Å². The molecule has 0 aliphatic rings. The zero-order chi connectivity index (χ0) is 17.5. The van der Waals surface area contributed by atoms with Crippen LogP contribution in [0.5, 0.6) is 5.75 Å². The van der Waals surface area contributed by atoms with E-state index >= 15 is 0 Å². The van der Waals surface area contributed by atoms with Gasteiger partial charge in [0, 0.05) is 6.54 Å². The van der Waals surface area contributed by atoms with Crippen LogP contribution >= 0.6 is 0 Å². The molecule has 0 heterocycles. The predicted molar refractivity (Wildman–Crippen MR) is 80.0 cm³/mol. The molecule has 0 spiro atoms. The molecule has 1 aromatic carbocycles. The Kier molecular flexibility index (Phi) is 7.35. The van der Waals surface area contributed by atoms with Crippen LogP contribution in [-0.4, -0.2) is 24.0 Å². The SMILES string of the molecule is CC(CCCc1ccccc1OC(F)(F)F)CC(CN)C(=O)O. The van der Waals surface area contributed by atoms with E-state index in [1.54, 1.807) is 12.1 Å². The molecular weight excluding hydrogens is 311 g/mol. The summed E-state index contributed by atoms with van der Waals surface area (Å²) in [5, 5.41) is 8.97. The second-order valence-electron chi connectivity index (χ2n) is 5.66. The highest BCUT2D eigenvalue weighted by atomic mass is 19.4. The zero-order valence-corrected chi connectivity index (χ0v) is 13.0. The Morgan fingerprint density at radius 1 is 1.35 bits per heavy atom. The van der Waals surface area contributed by atoms with Crippen molar-refractivity contribution in [1.82, 2.24) is 0 Å². The molecule has 4 nitrogen and oxygen atoms in total. The zero-order valence-electron chi connectivity index (χ0n) is 13.0. The number of hydrogen-bond donors (Lipinski definition) is 2. The number of ether oxygens (including phenoxy) is 1. The quantitative estimate of drug-likeness (QED) is 0.724. The van der Waals surface area contributed by atoms with Gasteiger partial charge < -0.3 is 15.6 Å². The monoisotopic (exact) mass is 333 g/mol. The van der Waals surface area contributed by atoms with Gasteiger partial charge in [0.05, 0.1) is 5.92 Å². The lowest BCUT2D eigenvalue weighted by atomic mass is 9.91. The van der Waals surface area contributed by atoms with Crippen LogP contribution in [0.4, 0.5) is 13.2 Å². The lowest BCUT2D eigenvalue weighted by molar-refractivity contribution is -0.274. The molecule has 0 bridgehead atoms. The number of aryl methyl sites for hydroxylation is 1. The largest absolute Gasteiger partial charge is 0.573 e. The Balaban J connectivity index is 2.51. The molecule has 2 unspecified atom stereocenters. The van der Waals surface area contributed by atoms with Crippen molar-refractivity contribution in [2.24, 2.45) is 17.6 Å². The maximum absolute atomic E-state index is 12.3. The third-order valence-electron chi connectivity index (χ3n) is 3.66. The molecule has 2 atom stereocenters. The molecule has 0 fully saturated rings. The van der Waals surface area contributed by atoms with Gasteiger partial charge in [-0.2, -0.15) is 0 Å². The van der Waals surface area contributed by atoms with Crippen LogP contribution < -0.4 is 10.5 Å². The first-order valence-electron chi connectivity index (χ1n) is 7.49. The van der Waals surface area contributed by atoms with Crippen molar-refractivity contribution in [3.63, 3.8) is 0 Å². The topological polar surface area (TPSA) is 72.5 Å². The van der Waals surface area contributed by atoms with E-state index in [4.69, 9.17) is 10.8 Å². The Hall–Kier alpha value is -1.76. The van der Waals surface area contributed by atoms with Crippen molar-refractivity contribution in [2.75, 3.05) is 6.54 Å². The van der Waals surface area contributed by atoms with Gasteiger partial charge in [0.25, 0.3) is 0 Å². The third kappa shape index (κ3) is 7.36. The smallest absolute Gasteiger partial charge is 0.481 e. The molecule has 130 valence electrons. The molecule has 3 N–H and O–H groups in total. The summed E-state index contributed by atoms with van der Waals surface area (Å²) in [6, 6.07) is 6.05. The lowest BCUT2D eigenvalue weighted by Gasteiger charge is -2.17. The average molecular weight is 333 g/mol. The van der Waals surface area contributed by atoms with Crippen LogP contribution in [0.2, 0.25) is 0 Å². The van der Waals surface area contributed by atoms with Crippen molar-refractivity contribution in [1.29, 1.82) is 0 Å². The number of halogens is 3. The minimum Gasteiger partial charge on any atom is -0.481 e.